The first-order valence-corrected chi connectivity index (χ1v) is 13.6. The van der Waals surface area contributed by atoms with Crippen LogP contribution in [0.1, 0.15) is 44.7 Å². The highest BCUT2D eigenvalue weighted by molar-refractivity contribution is 7.92. The summed E-state index contributed by atoms with van der Waals surface area (Å²) < 4.78 is 31.5. The molecule has 192 valence electrons. The van der Waals surface area contributed by atoms with Crippen LogP contribution in [0.15, 0.2) is 48.5 Å². The number of hydrogen-bond acceptors (Lipinski definition) is 5. The average Bonchev–Trinajstić information content (AvgIpc) is 2.82. The SMILES string of the molecule is CC[C@H](C(=O)N[C@@H](C)CC)N(Cc1ccc(C)cc1)C(=O)CN(c1ccc(OC)cc1)S(C)(=O)=O. The minimum Gasteiger partial charge on any atom is -0.497 e. The molecule has 9 heteroatoms. The van der Waals surface area contributed by atoms with E-state index in [1.807, 2.05) is 52.0 Å². The second-order valence-electron chi connectivity index (χ2n) is 8.72. The van der Waals surface area contributed by atoms with Crippen LogP contribution in [0, 0.1) is 6.92 Å². The van der Waals surface area contributed by atoms with Gasteiger partial charge in [0.1, 0.15) is 18.3 Å². The van der Waals surface area contributed by atoms with Gasteiger partial charge in [0, 0.05) is 12.6 Å². The third-order valence-corrected chi connectivity index (χ3v) is 7.04. The quantitative estimate of drug-likeness (QED) is 0.478. The normalized spacial score (nSPS) is 13.0. The summed E-state index contributed by atoms with van der Waals surface area (Å²) in [6, 6.07) is 13.4. The van der Waals surface area contributed by atoms with Gasteiger partial charge in [0.15, 0.2) is 0 Å². The summed E-state index contributed by atoms with van der Waals surface area (Å²) >= 11 is 0. The second kappa shape index (κ2) is 12.6. The Morgan fingerprint density at radius 3 is 2.09 bits per heavy atom. The summed E-state index contributed by atoms with van der Waals surface area (Å²) in [5.41, 5.74) is 2.28. The topological polar surface area (TPSA) is 96.0 Å². The van der Waals surface area contributed by atoms with Crippen molar-refractivity contribution in [2.75, 3.05) is 24.2 Å². The number of hydrogen-bond donors (Lipinski definition) is 1. The molecule has 0 bridgehead atoms. The van der Waals surface area contributed by atoms with Crippen molar-refractivity contribution in [1.29, 1.82) is 0 Å². The average molecular weight is 504 g/mol. The largest absolute Gasteiger partial charge is 0.497 e. The van der Waals surface area contributed by atoms with Gasteiger partial charge in [0.25, 0.3) is 0 Å². The number of benzene rings is 2. The fraction of sp³-hybridized carbons (Fsp3) is 0.462. The number of ether oxygens (including phenoxy) is 1. The van der Waals surface area contributed by atoms with E-state index in [4.69, 9.17) is 4.74 Å². The summed E-state index contributed by atoms with van der Waals surface area (Å²) in [7, 11) is -2.26. The molecule has 0 spiro atoms. The Bertz CT molecular complexity index is 1080. The zero-order valence-electron chi connectivity index (χ0n) is 21.4. The van der Waals surface area contributed by atoms with Crippen LogP contribution in [0.2, 0.25) is 0 Å². The molecule has 0 aliphatic heterocycles. The van der Waals surface area contributed by atoms with Gasteiger partial charge in [0.05, 0.1) is 19.1 Å². The molecule has 2 rings (SSSR count). The lowest BCUT2D eigenvalue weighted by atomic mass is 10.1. The Labute approximate surface area is 209 Å². The highest BCUT2D eigenvalue weighted by Gasteiger charge is 2.32. The van der Waals surface area contributed by atoms with Crippen LogP contribution in [-0.2, 0) is 26.2 Å². The van der Waals surface area contributed by atoms with Crippen molar-refractivity contribution in [3.8, 4) is 5.75 Å². The zero-order valence-corrected chi connectivity index (χ0v) is 22.3. The van der Waals surface area contributed by atoms with E-state index in [-0.39, 0.29) is 18.5 Å². The number of carbonyl (C=O) groups is 2. The number of anilines is 1. The fourth-order valence-electron chi connectivity index (χ4n) is 3.61. The van der Waals surface area contributed by atoms with Gasteiger partial charge in [-0.1, -0.05) is 43.7 Å². The van der Waals surface area contributed by atoms with E-state index in [2.05, 4.69) is 5.32 Å². The van der Waals surface area contributed by atoms with Crippen molar-refractivity contribution in [2.24, 2.45) is 0 Å². The number of aryl methyl sites for hydroxylation is 1. The maximum absolute atomic E-state index is 13.6. The molecule has 2 aromatic carbocycles. The number of nitrogens with one attached hydrogen (secondary N) is 1. The van der Waals surface area contributed by atoms with E-state index in [9.17, 15) is 18.0 Å². The van der Waals surface area contributed by atoms with E-state index in [0.717, 1.165) is 28.1 Å². The van der Waals surface area contributed by atoms with Crippen molar-refractivity contribution >= 4 is 27.5 Å². The Hall–Kier alpha value is -3.07. The third-order valence-electron chi connectivity index (χ3n) is 5.90. The van der Waals surface area contributed by atoms with Crippen LogP contribution >= 0.6 is 0 Å². The van der Waals surface area contributed by atoms with Gasteiger partial charge < -0.3 is 15.0 Å². The molecule has 0 unspecified atom stereocenters. The first-order chi connectivity index (χ1) is 16.5. The Balaban J connectivity index is 2.42. The van der Waals surface area contributed by atoms with Gasteiger partial charge in [-0.15, -0.1) is 0 Å². The molecule has 0 heterocycles. The molecule has 2 aromatic rings. The zero-order chi connectivity index (χ0) is 26.2. The van der Waals surface area contributed by atoms with Crippen molar-refractivity contribution in [3.63, 3.8) is 0 Å². The Morgan fingerprint density at radius 2 is 1.60 bits per heavy atom. The summed E-state index contributed by atoms with van der Waals surface area (Å²) in [5.74, 6) is -0.141. The highest BCUT2D eigenvalue weighted by atomic mass is 32.2. The molecule has 0 aliphatic rings. The van der Waals surface area contributed by atoms with E-state index in [1.54, 1.807) is 24.3 Å². The van der Waals surface area contributed by atoms with E-state index >= 15 is 0 Å². The maximum Gasteiger partial charge on any atom is 0.244 e. The van der Waals surface area contributed by atoms with Crippen LogP contribution in [0.5, 0.6) is 5.75 Å². The molecular formula is C26H37N3O5S. The highest BCUT2D eigenvalue weighted by Crippen LogP contribution is 2.22. The van der Waals surface area contributed by atoms with Gasteiger partial charge >= 0.3 is 0 Å². The molecule has 2 amide bonds. The summed E-state index contributed by atoms with van der Waals surface area (Å²) in [4.78, 5) is 28.2. The number of sulfonamides is 1. The summed E-state index contributed by atoms with van der Waals surface area (Å²) in [6.07, 6.45) is 2.20. The van der Waals surface area contributed by atoms with Crippen LogP contribution in [0.4, 0.5) is 5.69 Å². The molecule has 2 atom stereocenters. The fourth-order valence-corrected chi connectivity index (χ4v) is 4.46. The molecule has 0 fully saturated rings. The number of methoxy groups -OCH3 is 1. The van der Waals surface area contributed by atoms with Gasteiger partial charge in [-0.25, -0.2) is 8.42 Å². The van der Waals surface area contributed by atoms with Gasteiger partial charge in [0.2, 0.25) is 21.8 Å². The van der Waals surface area contributed by atoms with Crippen LogP contribution in [0.3, 0.4) is 0 Å². The van der Waals surface area contributed by atoms with Crippen molar-refractivity contribution < 1.29 is 22.7 Å². The molecule has 0 saturated heterocycles. The van der Waals surface area contributed by atoms with Gasteiger partial charge in [-0.05, 0) is 56.5 Å². The Kier molecular flexibility index (Phi) is 10.1. The Morgan fingerprint density at radius 1 is 1.00 bits per heavy atom. The second-order valence-corrected chi connectivity index (χ2v) is 10.6. The molecular weight excluding hydrogens is 466 g/mol. The van der Waals surface area contributed by atoms with Crippen molar-refractivity contribution in [3.05, 3.63) is 59.7 Å². The van der Waals surface area contributed by atoms with Crippen molar-refractivity contribution in [2.45, 2.75) is 59.2 Å². The minimum absolute atomic E-state index is 0.0419. The standard InChI is InChI=1S/C26H37N3O5S/c1-7-20(4)27-26(31)24(8-2)28(17-21-11-9-19(3)10-12-21)25(30)18-29(35(6,32)33)22-13-15-23(34-5)16-14-22/h9-16,20,24H,7-8,17-18H2,1-6H3,(H,27,31)/t20-,24+/m0/s1. The number of amides is 2. The lowest BCUT2D eigenvalue weighted by molar-refractivity contribution is -0.140. The minimum atomic E-state index is -3.78. The predicted molar refractivity (Wildman–Crippen MR) is 139 cm³/mol. The first kappa shape index (κ1) is 28.2. The summed E-state index contributed by atoms with van der Waals surface area (Å²) in [6.45, 7) is 7.45. The monoisotopic (exact) mass is 503 g/mol. The maximum atomic E-state index is 13.6. The molecule has 35 heavy (non-hydrogen) atoms. The lowest BCUT2D eigenvalue weighted by Crippen LogP contribution is -2.53. The lowest BCUT2D eigenvalue weighted by Gasteiger charge is -2.33. The molecule has 8 nitrogen and oxygen atoms in total. The van der Waals surface area contributed by atoms with Crippen LogP contribution in [0.25, 0.3) is 0 Å². The number of rotatable bonds is 12. The predicted octanol–water partition coefficient (Wildman–Crippen LogP) is 3.49. The first-order valence-electron chi connectivity index (χ1n) is 11.8. The van der Waals surface area contributed by atoms with E-state index < -0.39 is 28.5 Å². The van der Waals surface area contributed by atoms with Crippen molar-refractivity contribution in [1.82, 2.24) is 10.2 Å². The molecule has 0 saturated carbocycles. The number of carbonyl (C=O) groups excluding carboxylic acids is 2. The van der Waals surface area contributed by atoms with Crippen LogP contribution < -0.4 is 14.4 Å². The molecule has 0 aromatic heterocycles. The molecule has 0 radical (unpaired) electrons. The molecule has 1 N–H and O–H groups in total. The van der Waals surface area contributed by atoms with E-state index in [1.165, 1.54) is 12.0 Å². The molecule has 0 aliphatic carbocycles. The van der Waals surface area contributed by atoms with Crippen LogP contribution in [-0.4, -0.2) is 57.1 Å². The van der Waals surface area contributed by atoms with E-state index in [0.29, 0.717) is 17.9 Å². The van der Waals surface area contributed by atoms with Gasteiger partial charge in [-0.2, -0.15) is 0 Å². The smallest absolute Gasteiger partial charge is 0.244 e. The van der Waals surface area contributed by atoms with Gasteiger partial charge in [-0.3, -0.25) is 13.9 Å². The third kappa shape index (κ3) is 7.99. The summed E-state index contributed by atoms with van der Waals surface area (Å²) in [5, 5.41) is 2.96. The number of nitrogens with zero attached hydrogens (tertiary/aromatic N) is 2.